The van der Waals surface area contributed by atoms with Crippen LogP contribution in [-0.4, -0.2) is 43.0 Å². The smallest absolute Gasteiger partial charge is 0.224 e. The van der Waals surface area contributed by atoms with Gasteiger partial charge in [0.1, 0.15) is 0 Å². The minimum atomic E-state index is 0.00507. The van der Waals surface area contributed by atoms with E-state index in [1.165, 1.54) is 6.42 Å². The van der Waals surface area contributed by atoms with Crippen LogP contribution >= 0.6 is 0 Å². The molecule has 4 nitrogen and oxygen atoms in total. The van der Waals surface area contributed by atoms with Gasteiger partial charge in [-0.15, -0.1) is 6.42 Å². The summed E-state index contributed by atoms with van der Waals surface area (Å²) in [6.45, 7) is 2.70. The molecule has 0 radical (unpaired) electrons. The number of amides is 1. The van der Waals surface area contributed by atoms with E-state index in [2.05, 4.69) is 11.2 Å². The Bertz CT molecular complexity index is 253. The molecule has 1 saturated heterocycles. The monoisotopic (exact) mass is 223 g/mol. The van der Waals surface area contributed by atoms with Gasteiger partial charge in [0.05, 0.1) is 6.54 Å². The van der Waals surface area contributed by atoms with Crippen molar-refractivity contribution in [3.63, 3.8) is 0 Å². The molecule has 1 fully saturated rings. The van der Waals surface area contributed by atoms with E-state index in [-0.39, 0.29) is 11.9 Å². The summed E-state index contributed by atoms with van der Waals surface area (Å²) >= 11 is 0. The van der Waals surface area contributed by atoms with Crippen molar-refractivity contribution in [1.29, 1.82) is 0 Å². The molecule has 90 valence electrons. The van der Waals surface area contributed by atoms with Gasteiger partial charge in [-0.3, -0.25) is 4.79 Å². The maximum Gasteiger partial charge on any atom is 0.224 e. The van der Waals surface area contributed by atoms with Crippen LogP contribution in [0.1, 0.15) is 25.7 Å². The molecule has 3 N–H and O–H groups in total. The quantitative estimate of drug-likeness (QED) is 0.642. The molecule has 1 unspecified atom stereocenters. The molecule has 1 atom stereocenters. The molecule has 0 spiro atoms. The molecule has 1 aliphatic heterocycles. The topological polar surface area (TPSA) is 58.4 Å². The minimum absolute atomic E-state index is 0.00507. The van der Waals surface area contributed by atoms with Crippen LogP contribution in [0.5, 0.6) is 0 Å². The SMILES string of the molecule is C#CCNC(CN)CC(=O)N1CCCCC1. The van der Waals surface area contributed by atoms with E-state index in [4.69, 9.17) is 12.2 Å². The number of hydrogen-bond donors (Lipinski definition) is 2. The van der Waals surface area contributed by atoms with Crippen molar-refractivity contribution in [3.8, 4) is 12.3 Å². The average Bonchev–Trinajstić information content (AvgIpc) is 2.35. The highest BCUT2D eigenvalue weighted by Gasteiger charge is 2.19. The molecule has 1 amide bonds. The van der Waals surface area contributed by atoms with Crippen LogP contribution < -0.4 is 11.1 Å². The fourth-order valence-corrected chi connectivity index (χ4v) is 1.93. The van der Waals surface area contributed by atoms with Crippen molar-refractivity contribution in [1.82, 2.24) is 10.2 Å². The first-order chi connectivity index (χ1) is 7.77. The predicted molar refractivity (Wildman–Crippen MR) is 64.7 cm³/mol. The Morgan fingerprint density at radius 2 is 2.12 bits per heavy atom. The number of rotatable bonds is 5. The zero-order valence-electron chi connectivity index (χ0n) is 9.74. The van der Waals surface area contributed by atoms with Crippen LogP contribution in [0.4, 0.5) is 0 Å². The lowest BCUT2D eigenvalue weighted by molar-refractivity contribution is -0.132. The molecule has 16 heavy (non-hydrogen) atoms. The molecule has 0 aromatic carbocycles. The van der Waals surface area contributed by atoms with E-state index >= 15 is 0 Å². The highest BCUT2D eigenvalue weighted by atomic mass is 16.2. The highest BCUT2D eigenvalue weighted by molar-refractivity contribution is 5.76. The molecule has 1 heterocycles. The van der Waals surface area contributed by atoms with Gasteiger partial charge in [-0.25, -0.2) is 0 Å². The molecule has 0 aromatic heterocycles. The van der Waals surface area contributed by atoms with E-state index in [0.717, 1.165) is 25.9 Å². The predicted octanol–water partition coefficient (Wildman–Crippen LogP) is -0.0609. The summed E-state index contributed by atoms with van der Waals surface area (Å²) in [5.74, 6) is 2.69. The Labute approximate surface area is 97.6 Å². The maximum absolute atomic E-state index is 11.9. The summed E-state index contributed by atoms with van der Waals surface area (Å²) in [6, 6.07) is 0.00507. The Morgan fingerprint density at radius 1 is 1.44 bits per heavy atom. The van der Waals surface area contributed by atoms with Crippen LogP contribution in [0.25, 0.3) is 0 Å². The summed E-state index contributed by atoms with van der Waals surface area (Å²) < 4.78 is 0. The second-order valence-corrected chi connectivity index (χ2v) is 4.16. The lowest BCUT2D eigenvalue weighted by Crippen LogP contribution is -2.43. The van der Waals surface area contributed by atoms with Gasteiger partial charge in [0.2, 0.25) is 5.91 Å². The van der Waals surface area contributed by atoms with Crippen molar-refractivity contribution in [2.75, 3.05) is 26.2 Å². The molecular weight excluding hydrogens is 202 g/mol. The third-order valence-electron chi connectivity index (χ3n) is 2.91. The number of likely N-dealkylation sites (tertiary alicyclic amines) is 1. The normalized spacial score (nSPS) is 17.9. The second-order valence-electron chi connectivity index (χ2n) is 4.16. The van der Waals surface area contributed by atoms with Gasteiger partial charge in [0.25, 0.3) is 0 Å². The first kappa shape index (κ1) is 13.0. The fraction of sp³-hybridized carbons (Fsp3) is 0.750. The van der Waals surface area contributed by atoms with Crippen molar-refractivity contribution < 1.29 is 4.79 Å². The van der Waals surface area contributed by atoms with E-state index in [9.17, 15) is 4.79 Å². The van der Waals surface area contributed by atoms with Crippen molar-refractivity contribution >= 4 is 5.91 Å². The summed E-state index contributed by atoms with van der Waals surface area (Å²) in [5.41, 5.74) is 5.59. The summed E-state index contributed by atoms with van der Waals surface area (Å²) in [5, 5.41) is 3.08. The van der Waals surface area contributed by atoms with Gasteiger partial charge >= 0.3 is 0 Å². The van der Waals surface area contributed by atoms with Crippen LogP contribution in [0.15, 0.2) is 0 Å². The zero-order valence-corrected chi connectivity index (χ0v) is 9.74. The standard InChI is InChI=1S/C12H21N3O/c1-2-6-14-11(10-13)9-12(16)15-7-4-3-5-8-15/h1,11,14H,3-10,13H2. The largest absolute Gasteiger partial charge is 0.343 e. The third kappa shape index (κ3) is 4.21. The van der Waals surface area contributed by atoms with Gasteiger partial charge in [-0.1, -0.05) is 5.92 Å². The average molecular weight is 223 g/mol. The molecule has 0 saturated carbocycles. The van der Waals surface area contributed by atoms with E-state index in [0.29, 0.717) is 19.5 Å². The zero-order chi connectivity index (χ0) is 11.8. The number of terminal acetylenes is 1. The molecule has 0 aromatic rings. The van der Waals surface area contributed by atoms with Crippen molar-refractivity contribution in [3.05, 3.63) is 0 Å². The number of nitrogens with zero attached hydrogens (tertiary/aromatic N) is 1. The van der Waals surface area contributed by atoms with Gasteiger partial charge in [-0.2, -0.15) is 0 Å². The highest BCUT2D eigenvalue weighted by Crippen LogP contribution is 2.10. The summed E-state index contributed by atoms with van der Waals surface area (Å²) in [7, 11) is 0. The van der Waals surface area contributed by atoms with Gasteiger partial charge in [0.15, 0.2) is 0 Å². The van der Waals surface area contributed by atoms with Crippen LogP contribution in [0.2, 0.25) is 0 Å². The van der Waals surface area contributed by atoms with Crippen molar-refractivity contribution in [2.45, 2.75) is 31.7 Å². The number of carbonyl (C=O) groups is 1. The van der Waals surface area contributed by atoms with Gasteiger partial charge < -0.3 is 16.0 Å². The van der Waals surface area contributed by atoms with Gasteiger partial charge in [0, 0.05) is 32.1 Å². The van der Waals surface area contributed by atoms with Crippen LogP contribution in [0, 0.1) is 12.3 Å². The van der Waals surface area contributed by atoms with Crippen LogP contribution in [-0.2, 0) is 4.79 Å². The number of nitrogens with two attached hydrogens (primary N) is 1. The number of carbonyl (C=O) groups excluding carboxylic acids is 1. The first-order valence-electron chi connectivity index (χ1n) is 5.92. The number of nitrogens with one attached hydrogen (secondary N) is 1. The first-order valence-corrected chi connectivity index (χ1v) is 5.92. The van der Waals surface area contributed by atoms with Gasteiger partial charge in [-0.05, 0) is 19.3 Å². The Kier molecular flexibility index (Phi) is 5.91. The minimum Gasteiger partial charge on any atom is -0.343 e. The summed E-state index contributed by atoms with van der Waals surface area (Å²) in [4.78, 5) is 13.8. The van der Waals surface area contributed by atoms with E-state index in [1.807, 2.05) is 4.90 Å². The molecule has 0 bridgehead atoms. The Balaban J connectivity index is 2.32. The number of hydrogen-bond acceptors (Lipinski definition) is 3. The maximum atomic E-state index is 11.9. The lowest BCUT2D eigenvalue weighted by atomic mass is 10.1. The molecule has 4 heteroatoms. The lowest BCUT2D eigenvalue weighted by Gasteiger charge is -2.28. The summed E-state index contributed by atoms with van der Waals surface area (Å²) in [6.07, 6.45) is 9.09. The van der Waals surface area contributed by atoms with Crippen LogP contribution in [0.3, 0.4) is 0 Å². The van der Waals surface area contributed by atoms with E-state index in [1.54, 1.807) is 0 Å². The fourth-order valence-electron chi connectivity index (χ4n) is 1.93. The number of piperidine rings is 1. The second kappa shape index (κ2) is 7.26. The molecule has 1 rings (SSSR count). The molecule has 0 aliphatic carbocycles. The molecular formula is C12H21N3O. The van der Waals surface area contributed by atoms with E-state index < -0.39 is 0 Å². The molecule has 1 aliphatic rings. The Hall–Kier alpha value is -1.05. The third-order valence-corrected chi connectivity index (χ3v) is 2.91. The Morgan fingerprint density at radius 3 is 2.69 bits per heavy atom. The van der Waals surface area contributed by atoms with Crippen molar-refractivity contribution in [2.24, 2.45) is 5.73 Å².